The van der Waals surface area contributed by atoms with Crippen LogP contribution >= 0.6 is 7.60 Å². The Morgan fingerprint density at radius 2 is 2.00 bits per heavy atom. The van der Waals surface area contributed by atoms with Gasteiger partial charge in [0.1, 0.15) is 6.16 Å². The van der Waals surface area contributed by atoms with Crippen LogP contribution in [0.15, 0.2) is 36.5 Å². The highest BCUT2D eigenvalue weighted by atomic mass is 31.2. The number of benzene rings is 1. The molecule has 2 rings (SSSR count). The lowest BCUT2D eigenvalue weighted by atomic mass is 10.1. The van der Waals surface area contributed by atoms with Gasteiger partial charge in [0.15, 0.2) is 5.78 Å². The molecule has 0 fully saturated rings. The van der Waals surface area contributed by atoms with Gasteiger partial charge < -0.3 is 9.42 Å². The molecule has 1 atom stereocenters. The SMILES string of the molecule is CCCc1c(C(=O)CP(=O)(O)OCC)cnn1-c1ccccc1. The van der Waals surface area contributed by atoms with Crippen molar-refractivity contribution in [2.75, 3.05) is 12.8 Å². The first-order chi connectivity index (χ1) is 11.0. The van der Waals surface area contributed by atoms with Gasteiger partial charge in [-0.3, -0.25) is 9.36 Å². The lowest BCUT2D eigenvalue weighted by Gasteiger charge is -2.11. The number of hydrogen-bond acceptors (Lipinski definition) is 4. The maximum atomic E-state index is 12.4. The van der Waals surface area contributed by atoms with Gasteiger partial charge in [0.05, 0.1) is 29.7 Å². The smallest absolute Gasteiger partial charge is 0.324 e. The summed E-state index contributed by atoms with van der Waals surface area (Å²) in [6.45, 7) is 3.71. The fourth-order valence-electron chi connectivity index (χ4n) is 2.39. The summed E-state index contributed by atoms with van der Waals surface area (Å²) in [6.07, 6.45) is 2.42. The predicted molar refractivity (Wildman–Crippen MR) is 88.2 cm³/mol. The maximum Gasteiger partial charge on any atom is 0.335 e. The van der Waals surface area contributed by atoms with E-state index >= 15 is 0 Å². The van der Waals surface area contributed by atoms with E-state index in [0.29, 0.717) is 12.0 Å². The van der Waals surface area contributed by atoms with E-state index in [9.17, 15) is 14.3 Å². The summed E-state index contributed by atoms with van der Waals surface area (Å²) in [5, 5.41) is 4.29. The minimum Gasteiger partial charge on any atom is -0.324 e. The summed E-state index contributed by atoms with van der Waals surface area (Å²) in [5.74, 6) is -0.421. The summed E-state index contributed by atoms with van der Waals surface area (Å²) in [5.41, 5.74) is 1.98. The molecule has 0 aliphatic rings. The third-order valence-corrected chi connectivity index (χ3v) is 4.68. The van der Waals surface area contributed by atoms with Crippen LogP contribution in [0, 0.1) is 0 Å². The van der Waals surface area contributed by atoms with Crippen LogP contribution in [-0.4, -0.2) is 33.2 Å². The molecule has 0 spiro atoms. The van der Waals surface area contributed by atoms with Gasteiger partial charge in [-0.1, -0.05) is 31.5 Å². The number of Topliss-reactive ketones (excluding diaryl/α,β-unsaturated/α-hetero) is 1. The molecule has 1 N–H and O–H groups in total. The van der Waals surface area contributed by atoms with Gasteiger partial charge in [-0.05, 0) is 25.5 Å². The molecule has 1 aromatic heterocycles. The van der Waals surface area contributed by atoms with Crippen LogP contribution in [-0.2, 0) is 15.5 Å². The van der Waals surface area contributed by atoms with Crippen molar-refractivity contribution >= 4 is 13.4 Å². The Morgan fingerprint density at radius 1 is 1.30 bits per heavy atom. The highest BCUT2D eigenvalue weighted by Crippen LogP contribution is 2.42. The quantitative estimate of drug-likeness (QED) is 0.591. The minimum atomic E-state index is -3.90. The normalized spacial score (nSPS) is 13.7. The second-order valence-electron chi connectivity index (χ2n) is 5.14. The molecule has 0 aliphatic heterocycles. The third kappa shape index (κ3) is 4.38. The first kappa shape index (κ1) is 17.6. The molecule has 124 valence electrons. The third-order valence-electron chi connectivity index (χ3n) is 3.33. The number of para-hydroxylation sites is 1. The highest BCUT2D eigenvalue weighted by Gasteiger charge is 2.27. The molecule has 0 aliphatic carbocycles. The zero-order valence-corrected chi connectivity index (χ0v) is 14.2. The lowest BCUT2D eigenvalue weighted by molar-refractivity contribution is 0.101. The van der Waals surface area contributed by atoms with E-state index < -0.39 is 19.5 Å². The number of hydrogen-bond donors (Lipinski definition) is 1. The second-order valence-corrected chi connectivity index (χ2v) is 6.99. The number of ketones is 1. The number of carbonyl (C=O) groups excluding carboxylic acids is 1. The van der Waals surface area contributed by atoms with E-state index in [1.807, 2.05) is 37.3 Å². The summed E-state index contributed by atoms with van der Waals surface area (Å²) in [6, 6.07) is 9.49. The van der Waals surface area contributed by atoms with Gasteiger partial charge in [-0.25, -0.2) is 4.68 Å². The Bertz CT molecular complexity index is 712. The molecule has 1 aromatic carbocycles. The summed E-state index contributed by atoms with van der Waals surface area (Å²) in [4.78, 5) is 22.1. The van der Waals surface area contributed by atoms with Crippen molar-refractivity contribution in [3.63, 3.8) is 0 Å². The Balaban J connectivity index is 2.34. The van der Waals surface area contributed by atoms with E-state index in [4.69, 9.17) is 4.52 Å². The van der Waals surface area contributed by atoms with Gasteiger partial charge in [-0.2, -0.15) is 5.10 Å². The van der Waals surface area contributed by atoms with Gasteiger partial charge in [0, 0.05) is 0 Å². The molecule has 2 aromatic rings. The van der Waals surface area contributed by atoms with Crippen molar-refractivity contribution in [2.24, 2.45) is 0 Å². The van der Waals surface area contributed by atoms with Crippen LogP contribution in [0.5, 0.6) is 0 Å². The summed E-state index contributed by atoms with van der Waals surface area (Å²) in [7, 11) is -3.90. The molecular formula is C16H21N2O4P. The van der Waals surface area contributed by atoms with Crippen molar-refractivity contribution in [3.05, 3.63) is 47.8 Å². The standard InChI is InChI=1S/C16H21N2O4P/c1-3-8-15-14(16(19)12-23(20,21)22-4-2)11-17-18(15)13-9-6-5-7-10-13/h5-7,9-11H,3-4,8,12H2,1-2H3,(H,20,21). The van der Waals surface area contributed by atoms with E-state index in [-0.39, 0.29) is 6.61 Å². The van der Waals surface area contributed by atoms with E-state index in [1.165, 1.54) is 6.20 Å². The monoisotopic (exact) mass is 336 g/mol. The molecule has 23 heavy (non-hydrogen) atoms. The van der Waals surface area contributed by atoms with Gasteiger partial charge in [-0.15, -0.1) is 0 Å². The van der Waals surface area contributed by atoms with Crippen molar-refractivity contribution < 1.29 is 18.8 Å². The zero-order chi connectivity index (χ0) is 16.9. The van der Waals surface area contributed by atoms with Gasteiger partial charge in [0.2, 0.25) is 0 Å². The first-order valence-corrected chi connectivity index (χ1v) is 9.36. The average Bonchev–Trinajstić information content (AvgIpc) is 2.92. The van der Waals surface area contributed by atoms with Crippen LogP contribution in [0.3, 0.4) is 0 Å². The second kappa shape index (κ2) is 7.68. The first-order valence-electron chi connectivity index (χ1n) is 7.60. The minimum absolute atomic E-state index is 0.0894. The molecule has 0 bridgehead atoms. The molecule has 6 nitrogen and oxygen atoms in total. The van der Waals surface area contributed by atoms with Crippen molar-refractivity contribution in [1.82, 2.24) is 9.78 Å². The van der Waals surface area contributed by atoms with Gasteiger partial charge >= 0.3 is 7.60 Å². The number of rotatable bonds is 8. The molecule has 0 saturated heterocycles. The molecule has 0 radical (unpaired) electrons. The largest absolute Gasteiger partial charge is 0.335 e. The fraction of sp³-hybridized carbons (Fsp3) is 0.375. The summed E-state index contributed by atoms with van der Waals surface area (Å²) < 4.78 is 18.3. The van der Waals surface area contributed by atoms with Gasteiger partial charge in [0.25, 0.3) is 0 Å². The topological polar surface area (TPSA) is 81.4 Å². The number of nitrogens with zero attached hydrogens (tertiary/aromatic N) is 2. The van der Waals surface area contributed by atoms with E-state index in [0.717, 1.165) is 17.8 Å². The Hall–Kier alpha value is -1.75. The molecule has 1 unspecified atom stereocenters. The molecule has 7 heteroatoms. The number of carbonyl (C=O) groups is 1. The van der Waals surface area contributed by atoms with Crippen LogP contribution in [0.4, 0.5) is 0 Å². The van der Waals surface area contributed by atoms with Crippen molar-refractivity contribution in [2.45, 2.75) is 26.7 Å². The molecular weight excluding hydrogens is 315 g/mol. The molecule has 1 heterocycles. The molecule has 0 saturated carbocycles. The maximum absolute atomic E-state index is 12.4. The predicted octanol–water partition coefficient (Wildman–Crippen LogP) is 3.23. The van der Waals surface area contributed by atoms with Crippen molar-refractivity contribution in [3.8, 4) is 5.69 Å². The van der Waals surface area contributed by atoms with Crippen LogP contribution in [0.2, 0.25) is 0 Å². The number of aromatic nitrogens is 2. The van der Waals surface area contributed by atoms with Crippen LogP contribution in [0.1, 0.15) is 36.3 Å². The Labute approximate surface area is 135 Å². The lowest BCUT2D eigenvalue weighted by Crippen LogP contribution is -2.11. The average molecular weight is 336 g/mol. The Kier molecular flexibility index (Phi) is 5.88. The highest BCUT2D eigenvalue weighted by molar-refractivity contribution is 7.53. The van der Waals surface area contributed by atoms with Crippen LogP contribution < -0.4 is 0 Å². The van der Waals surface area contributed by atoms with Crippen molar-refractivity contribution in [1.29, 1.82) is 0 Å². The van der Waals surface area contributed by atoms with E-state index in [1.54, 1.807) is 11.6 Å². The van der Waals surface area contributed by atoms with E-state index in [2.05, 4.69) is 5.10 Å². The summed E-state index contributed by atoms with van der Waals surface area (Å²) >= 11 is 0. The molecule has 0 amide bonds. The fourth-order valence-corrected chi connectivity index (χ4v) is 3.42. The zero-order valence-electron chi connectivity index (χ0n) is 13.3. The van der Waals surface area contributed by atoms with Crippen LogP contribution in [0.25, 0.3) is 5.69 Å². The Morgan fingerprint density at radius 3 is 2.61 bits per heavy atom.